The molecule has 0 unspecified atom stereocenters. The summed E-state index contributed by atoms with van der Waals surface area (Å²) in [6.07, 6.45) is -0.0820. The molecule has 2 aromatic carbocycles. The fourth-order valence-electron chi connectivity index (χ4n) is 4.11. The van der Waals surface area contributed by atoms with Crippen LogP contribution in [-0.4, -0.2) is 67.4 Å². The van der Waals surface area contributed by atoms with Gasteiger partial charge in [-0.3, -0.25) is 24.4 Å². The molecule has 1 aliphatic heterocycles. The third-order valence-corrected chi connectivity index (χ3v) is 6.25. The Bertz CT molecular complexity index is 1250. The number of amides is 3. The summed E-state index contributed by atoms with van der Waals surface area (Å²) in [6.45, 7) is 4.77. The minimum atomic E-state index is -0.572. The van der Waals surface area contributed by atoms with E-state index in [9.17, 15) is 14.4 Å². The van der Waals surface area contributed by atoms with Gasteiger partial charge in [0.05, 0.1) is 38.9 Å². The smallest absolute Gasteiger partial charge is 0.322 e. The summed E-state index contributed by atoms with van der Waals surface area (Å²) >= 11 is 5.97. The first-order valence-corrected chi connectivity index (χ1v) is 11.6. The van der Waals surface area contributed by atoms with Gasteiger partial charge >= 0.3 is 6.03 Å². The molecule has 1 saturated heterocycles. The molecule has 4 rings (SSSR count). The number of carbonyl (C=O) groups is 3. The average molecular weight is 499 g/mol. The molecule has 1 aliphatic rings. The monoisotopic (exact) mass is 498 g/mol. The van der Waals surface area contributed by atoms with Crippen molar-refractivity contribution in [3.05, 3.63) is 64.3 Å². The number of hydrogen-bond donors (Lipinski definition) is 2. The van der Waals surface area contributed by atoms with E-state index < -0.39 is 11.9 Å². The third kappa shape index (κ3) is 5.64. The second-order valence-corrected chi connectivity index (χ2v) is 8.65. The van der Waals surface area contributed by atoms with E-state index in [1.54, 1.807) is 61.1 Å². The van der Waals surface area contributed by atoms with Crippen molar-refractivity contribution in [1.29, 1.82) is 0 Å². The molecule has 0 saturated carbocycles. The van der Waals surface area contributed by atoms with Gasteiger partial charge in [-0.05, 0) is 55.0 Å². The van der Waals surface area contributed by atoms with E-state index >= 15 is 0 Å². The number of ether oxygens (including phenoxy) is 2. The second kappa shape index (κ2) is 10.9. The van der Waals surface area contributed by atoms with Gasteiger partial charge in [0, 0.05) is 34.8 Å². The molecule has 184 valence electrons. The van der Waals surface area contributed by atoms with E-state index in [4.69, 9.17) is 21.1 Å². The molecular weight excluding hydrogens is 472 g/mol. The molecule has 0 aliphatic carbocycles. The van der Waals surface area contributed by atoms with Crippen LogP contribution in [0.3, 0.4) is 0 Å². The summed E-state index contributed by atoms with van der Waals surface area (Å²) in [4.78, 5) is 40.4. The van der Waals surface area contributed by atoms with Gasteiger partial charge in [0.15, 0.2) is 0 Å². The largest absolute Gasteiger partial charge is 0.497 e. The maximum Gasteiger partial charge on any atom is 0.322 e. The molecule has 1 aromatic heterocycles. The minimum Gasteiger partial charge on any atom is -0.497 e. The maximum atomic E-state index is 13.4. The Labute approximate surface area is 207 Å². The van der Waals surface area contributed by atoms with Crippen LogP contribution in [0.5, 0.6) is 5.75 Å². The summed E-state index contributed by atoms with van der Waals surface area (Å²) in [6, 6.07) is 11.4. The number of aromatic nitrogens is 1. The van der Waals surface area contributed by atoms with Crippen molar-refractivity contribution in [1.82, 2.24) is 20.1 Å². The van der Waals surface area contributed by atoms with Gasteiger partial charge < -0.3 is 14.8 Å². The molecule has 2 N–H and O–H groups in total. The number of nitrogens with one attached hydrogen (secondary N) is 2. The lowest BCUT2D eigenvalue weighted by atomic mass is 10.1. The van der Waals surface area contributed by atoms with E-state index in [-0.39, 0.29) is 12.3 Å². The van der Waals surface area contributed by atoms with Crippen molar-refractivity contribution in [2.75, 3.05) is 40.1 Å². The van der Waals surface area contributed by atoms with Crippen molar-refractivity contribution in [3.63, 3.8) is 0 Å². The zero-order valence-corrected chi connectivity index (χ0v) is 20.4. The van der Waals surface area contributed by atoms with Crippen LogP contribution in [0.4, 0.5) is 4.79 Å². The zero-order valence-electron chi connectivity index (χ0n) is 19.6. The first-order chi connectivity index (χ1) is 16.9. The molecule has 3 aromatic rings. The summed E-state index contributed by atoms with van der Waals surface area (Å²) in [5, 5.41) is 6.31. The number of methoxy groups -OCH3 is 1. The van der Waals surface area contributed by atoms with Gasteiger partial charge in [0.2, 0.25) is 5.91 Å². The zero-order chi connectivity index (χ0) is 24.9. The Balaban J connectivity index is 1.56. The normalized spacial score (nSPS) is 14.0. The van der Waals surface area contributed by atoms with Crippen molar-refractivity contribution in [2.24, 2.45) is 0 Å². The van der Waals surface area contributed by atoms with Gasteiger partial charge in [0.1, 0.15) is 5.75 Å². The van der Waals surface area contributed by atoms with Crippen LogP contribution < -0.4 is 15.4 Å². The molecule has 2 heterocycles. The SMILES string of the molecule is COc1ccc2c(c1)c(CC(=O)NC(=O)NCN1CCOCC1)c(C)n2C(=O)c1ccc(Cl)cc1. The lowest BCUT2D eigenvalue weighted by molar-refractivity contribution is -0.119. The highest BCUT2D eigenvalue weighted by molar-refractivity contribution is 6.30. The molecule has 9 nitrogen and oxygen atoms in total. The molecule has 3 amide bonds. The number of hydrogen-bond acceptors (Lipinski definition) is 6. The number of nitrogens with zero attached hydrogens (tertiary/aromatic N) is 2. The third-order valence-electron chi connectivity index (χ3n) is 5.99. The first-order valence-electron chi connectivity index (χ1n) is 11.2. The van der Waals surface area contributed by atoms with Crippen LogP contribution in [0.25, 0.3) is 10.9 Å². The molecular formula is C25H27ClN4O5. The Kier molecular flexibility index (Phi) is 7.70. The minimum absolute atomic E-state index is 0.0820. The fraction of sp³-hybridized carbons (Fsp3) is 0.320. The quantitative estimate of drug-likeness (QED) is 0.542. The predicted molar refractivity (Wildman–Crippen MR) is 132 cm³/mol. The number of halogens is 1. The van der Waals surface area contributed by atoms with Crippen LogP contribution in [0.2, 0.25) is 5.02 Å². The Morgan fingerprint density at radius 3 is 2.49 bits per heavy atom. The number of morpholine rings is 1. The lowest BCUT2D eigenvalue weighted by Gasteiger charge is -2.26. The summed E-state index contributed by atoms with van der Waals surface area (Å²) in [5.74, 6) is -0.129. The molecule has 0 radical (unpaired) electrons. The molecule has 1 fully saturated rings. The van der Waals surface area contributed by atoms with Crippen LogP contribution in [0, 0.1) is 6.92 Å². The Hall–Kier alpha value is -3.40. The highest BCUT2D eigenvalue weighted by Crippen LogP contribution is 2.30. The number of benzene rings is 2. The van der Waals surface area contributed by atoms with Crippen molar-refractivity contribution in [3.8, 4) is 5.75 Å². The summed E-state index contributed by atoms with van der Waals surface area (Å²) in [5.41, 5.74) is 2.35. The van der Waals surface area contributed by atoms with Gasteiger partial charge in [-0.2, -0.15) is 0 Å². The molecule has 10 heteroatoms. The van der Waals surface area contributed by atoms with Crippen LogP contribution in [0.15, 0.2) is 42.5 Å². The number of urea groups is 1. The molecule has 0 spiro atoms. The number of imide groups is 1. The highest BCUT2D eigenvalue weighted by Gasteiger charge is 2.23. The summed E-state index contributed by atoms with van der Waals surface area (Å²) in [7, 11) is 1.55. The molecule has 35 heavy (non-hydrogen) atoms. The number of rotatable bonds is 6. The van der Waals surface area contributed by atoms with E-state index in [2.05, 4.69) is 10.6 Å². The molecule has 0 atom stereocenters. The standard InChI is InChI=1S/C25H27ClN4O5/c1-16-20(14-23(31)28-25(33)27-15-29-9-11-35-12-10-29)21-13-19(34-2)7-8-22(21)30(16)24(32)17-3-5-18(26)6-4-17/h3-8,13H,9-12,14-15H2,1-2H3,(H2,27,28,31,33). The maximum absolute atomic E-state index is 13.4. The van der Waals surface area contributed by atoms with Crippen LogP contribution >= 0.6 is 11.6 Å². The highest BCUT2D eigenvalue weighted by atomic mass is 35.5. The average Bonchev–Trinajstić information content (AvgIpc) is 3.13. The second-order valence-electron chi connectivity index (χ2n) is 8.21. The van der Waals surface area contributed by atoms with E-state index in [0.29, 0.717) is 58.4 Å². The van der Waals surface area contributed by atoms with Gasteiger partial charge in [-0.15, -0.1) is 0 Å². The van der Waals surface area contributed by atoms with Gasteiger partial charge in [-0.25, -0.2) is 4.79 Å². The van der Waals surface area contributed by atoms with Crippen LogP contribution in [0.1, 0.15) is 21.6 Å². The van der Waals surface area contributed by atoms with Crippen molar-refractivity contribution >= 4 is 40.3 Å². The first kappa shape index (κ1) is 24.7. The number of fused-ring (bicyclic) bond motifs is 1. The van der Waals surface area contributed by atoms with Gasteiger partial charge in [-0.1, -0.05) is 11.6 Å². The fourth-order valence-corrected chi connectivity index (χ4v) is 4.24. The van der Waals surface area contributed by atoms with E-state index in [0.717, 1.165) is 13.1 Å². The predicted octanol–water partition coefficient (Wildman–Crippen LogP) is 2.96. The van der Waals surface area contributed by atoms with Crippen molar-refractivity contribution < 1.29 is 23.9 Å². The Morgan fingerprint density at radius 1 is 1.09 bits per heavy atom. The Morgan fingerprint density at radius 2 is 1.80 bits per heavy atom. The summed E-state index contributed by atoms with van der Waals surface area (Å²) < 4.78 is 12.2. The van der Waals surface area contributed by atoms with Gasteiger partial charge in [0.25, 0.3) is 5.91 Å². The van der Waals surface area contributed by atoms with E-state index in [1.165, 1.54) is 0 Å². The lowest BCUT2D eigenvalue weighted by Crippen LogP contribution is -2.48. The topological polar surface area (TPSA) is 102 Å². The van der Waals surface area contributed by atoms with Crippen LogP contribution in [-0.2, 0) is 16.0 Å². The van der Waals surface area contributed by atoms with E-state index in [1.807, 2.05) is 4.90 Å². The molecule has 0 bridgehead atoms. The van der Waals surface area contributed by atoms with Crippen molar-refractivity contribution in [2.45, 2.75) is 13.3 Å². The number of carbonyl (C=O) groups excluding carboxylic acids is 3.